The van der Waals surface area contributed by atoms with Crippen LogP contribution in [0.5, 0.6) is 5.75 Å². The zero-order valence-corrected chi connectivity index (χ0v) is 21.2. The molecule has 2 saturated carbocycles. The Labute approximate surface area is 217 Å². The zero-order chi connectivity index (χ0) is 27.7. The van der Waals surface area contributed by atoms with Gasteiger partial charge in [-0.2, -0.15) is 26.3 Å². The van der Waals surface area contributed by atoms with Crippen molar-refractivity contribution in [1.29, 1.82) is 0 Å². The lowest BCUT2D eigenvalue weighted by atomic mass is 9.80. The number of hydrogen-bond acceptors (Lipinski definition) is 3. The van der Waals surface area contributed by atoms with Crippen LogP contribution in [0.1, 0.15) is 63.4 Å². The van der Waals surface area contributed by atoms with Gasteiger partial charge in [0, 0.05) is 19.3 Å². The van der Waals surface area contributed by atoms with Crippen molar-refractivity contribution in [1.82, 2.24) is 0 Å². The van der Waals surface area contributed by atoms with E-state index in [1.165, 1.54) is 12.1 Å². The second-order valence-electron chi connectivity index (χ2n) is 10.7. The number of carbonyl (C=O) groups is 1. The molecule has 1 N–H and O–H groups in total. The van der Waals surface area contributed by atoms with E-state index in [9.17, 15) is 31.1 Å². The fourth-order valence-corrected chi connectivity index (χ4v) is 5.82. The largest absolute Gasteiger partial charge is 0.490 e. The van der Waals surface area contributed by atoms with Crippen LogP contribution in [0.4, 0.5) is 32.0 Å². The number of anilines is 1. The number of alkyl halides is 6. The lowest BCUT2D eigenvalue weighted by Crippen LogP contribution is -2.32. The SMILES string of the molecule is CN(CCC1CCC(C(=O)O)CC1)c1ccc2c(C(F)(F)F)c(O[C@H]3CC[C@@H](C(F)(F)F)CC3)ccc2c1. The number of halogens is 6. The molecule has 0 radical (unpaired) electrons. The molecule has 0 amide bonds. The number of benzene rings is 2. The molecule has 10 heteroatoms. The standard InChI is InChI=1S/C28H33F6NO3/c1-35(15-14-17-2-4-18(5-3-17)26(36)37)21-9-12-23-19(16-21)6-13-24(25(23)28(32,33)34)38-22-10-7-20(8-11-22)27(29,30)31/h6,9,12-13,16-18,20,22H,2-5,7-8,10-11,14-15H2,1H3,(H,36,37)/t17?,18?,20-,22+. The summed E-state index contributed by atoms with van der Waals surface area (Å²) in [7, 11) is 1.88. The minimum atomic E-state index is -4.69. The Morgan fingerprint density at radius 3 is 2.18 bits per heavy atom. The van der Waals surface area contributed by atoms with Crippen molar-refractivity contribution >= 4 is 22.4 Å². The summed E-state index contributed by atoms with van der Waals surface area (Å²) in [4.78, 5) is 13.1. The molecule has 0 aromatic heterocycles. The summed E-state index contributed by atoms with van der Waals surface area (Å²) >= 11 is 0. The third-order valence-electron chi connectivity index (χ3n) is 8.19. The van der Waals surface area contributed by atoms with Crippen molar-refractivity contribution in [2.75, 3.05) is 18.5 Å². The van der Waals surface area contributed by atoms with Crippen molar-refractivity contribution in [2.24, 2.45) is 17.8 Å². The first-order chi connectivity index (χ1) is 17.8. The van der Waals surface area contributed by atoms with Crippen LogP contribution in [0.25, 0.3) is 10.8 Å². The van der Waals surface area contributed by atoms with Gasteiger partial charge in [0.25, 0.3) is 0 Å². The highest BCUT2D eigenvalue weighted by Gasteiger charge is 2.42. The molecule has 2 aliphatic carbocycles. The molecule has 2 aromatic carbocycles. The molecule has 2 fully saturated rings. The van der Waals surface area contributed by atoms with Gasteiger partial charge < -0.3 is 14.7 Å². The van der Waals surface area contributed by atoms with Crippen molar-refractivity contribution in [3.63, 3.8) is 0 Å². The molecule has 0 bridgehead atoms. The minimum absolute atomic E-state index is 0.0110. The molecule has 0 unspecified atom stereocenters. The van der Waals surface area contributed by atoms with Gasteiger partial charge in [0.2, 0.25) is 0 Å². The van der Waals surface area contributed by atoms with Crippen molar-refractivity contribution < 1.29 is 41.0 Å². The Morgan fingerprint density at radius 1 is 0.947 bits per heavy atom. The van der Waals surface area contributed by atoms with E-state index in [1.54, 1.807) is 18.2 Å². The normalized spacial score (nSPS) is 24.8. The summed E-state index contributed by atoms with van der Waals surface area (Å²) in [6.45, 7) is 0.696. The van der Waals surface area contributed by atoms with E-state index >= 15 is 0 Å². The van der Waals surface area contributed by atoms with Gasteiger partial charge in [-0.25, -0.2) is 0 Å². The fourth-order valence-electron chi connectivity index (χ4n) is 5.82. The van der Waals surface area contributed by atoms with E-state index in [0.717, 1.165) is 24.9 Å². The van der Waals surface area contributed by atoms with Gasteiger partial charge in [-0.15, -0.1) is 0 Å². The third-order valence-corrected chi connectivity index (χ3v) is 8.19. The molecule has 0 aliphatic heterocycles. The number of aliphatic carboxylic acids is 1. The van der Waals surface area contributed by atoms with E-state index in [1.807, 2.05) is 11.9 Å². The first kappa shape index (κ1) is 28.4. The van der Waals surface area contributed by atoms with E-state index in [2.05, 4.69) is 0 Å². The molecule has 0 spiro atoms. The highest BCUT2D eigenvalue weighted by Crippen LogP contribution is 2.44. The minimum Gasteiger partial charge on any atom is -0.490 e. The molecule has 38 heavy (non-hydrogen) atoms. The van der Waals surface area contributed by atoms with Crippen LogP contribution in [0, 0.1) is 17.8 Å². The maximum absolute atomic E-state index is 14.1. The number of hydrogen-bond donors (Lipinski definition) is 1. The second kappa shape index (κ2) is 11.2. The van der Waals surface area contributed by atoms with Crippen LogP contribution >= 0.6 is 0 Å². The van der Waals surface area contributed by atoms with Crippen molar-refractivity contribution in [3.05, 3.63) is 35.9 Å². The predicted octanol–water partition coefficient (Wildman–Crippen LogP) is 8.08. The number of rotatable bonds is 7. The van der Waals surface area contributed by atoms with E-state index in [4.69, 9.17) is 9.84 Å². The van der Waals surface area contributed by atoms with Crippen LogP contribution < -0.4 is 9.64 Å². The van der Waals surface area contributed by atoms with E-state index in [0.29, 0.717) is 30.7 Å². The summed E-state index contributed by atoms with van der Waals surface area (Å²) in [6, 6.07) is 7.59. The van der Waals surface area contributed by atoms with Crippen LogP contribution in [0.3, 0.4) is 0 Å². The number of fused-ring (bicyclic) bond motifs is 1. The van der Waals surface area contributed by atoms with Crippen LogP contribution in [0.2, 0.25) is 0 Å². The quantitative estimate of drug-likeness (QED) is 0.358. The zero-order valence-electron chi connectivity index (χ0n) is 21.2. The second-order valence-corrected chi connectivity index (χ2v) is 10.7. The Balaban J connectivity index is 1.45. The van der Waals surface area contributed by atoms with E-state index in [-0.39, 0.29) is 42.7 Å². The summed E-state index contributed by atoms with van der Waals surface area (Å²) in [5, 5.41) is 9.55. The number of carboxylic acids is 1. The Hall–Kier alpha value is -2.65. The van der Waals surface area contributed by atoms with Gasteiger partial charge in [-0.1, -0.05) is 12.1 Å². The van der Waals surface area contributed by atoms with E-state index < -0.39 is 35.9 Å². The van der Waals surface area contributed by atoms with Gasteiger partial charge in [-0.3, -0.25) is 4.79 Å². The molecule has 2 aromatic rings. The summed E-state index contributed by atoms with van der Waals surface area (Å²) in [5.41, 5.74) is -0.138. The fraction of sp³-hybridized carbons (Fsp3) is 0.607. The third kappa shape index (κ3) is 6.67. The summed E-state index contributed by atoms with van der Waals surface area (Å²) in [6.07, 6.45) is -5.93. The molecule has 210 valence electrons. The Morgan fingerprint density at radius 2 is 1.61 bits per heavy atom. The van der Waals surface area contributed by atoms with Gasteiger partial charge in [0.15, 0.2) is 0 Å². The maximum atomic E-state index is 14.1. The monoisotopic (exact) mass is 545 g/mol. The van der Waals surface area contributed by atoms with Gasteiger partial charge in [0.05, 0.1) is 17.9 Å². The predicted molar refractivity (Wildman–Crippen MR) is 132 cm³/mol. The first-order valence-corrected chi connectivity index (χ1v) is 13.1. The Kier molecular flexibility index (Phi) is 8.37. The molecule has 0 heterocycles. The lowest BCUT2D eigenvalue weighted by molar-refractivity contribution is -0.185. The molecule has 4 nitrogen and oxygen atoms in total. The molecule has 0 atom stereocenters. The molecule has 2 aliphatic rings. The summed E-state index contributed by atoms with van der Waals surface area (Å²) in [5.74, 6) is -2.36. The molecular formula is C28H33F6NO3. The average molecular weight is 546 g/mol. The Bertz CT molecular complexity index is 1120. The van der Waals surface area contributed by atoms with Crippen molar-refractivity contribution in [2.45, 2.75) is 76.2 Å². The number of nitrogens with zero attached hydrogens (tertiary/aromatic N) is 1. The smallest absolute Gasteiger partial charge is 0.420 e. The topological polar surface area (TPSA) is 49.8 Å². The first-order valence-electron chi connectivity index (χ1n) is 13.1. The number of ether oxygens (including phenoxy) is 1. The van der Waals surface area contributed by atoms with Gasteiger partial charge in [-0.05, 0) is 92.7 Å². The molecular weight excluding hydrogens is 512 g/mol. The highest BCUT2D eigenvalue weighted by molar-refractivity contribution is 5.91. The average Bonchev–Trinajstić information content (AvgIpc) is 2.86. The van der Waals surface area contributed by atoms with Gasteiger partial charge >= 0.3 is 18.3 Å². The van der Waals surface area contributed by atoms with Crippen LogP contribution in [0.15, 0.2) is 30.3 Å². The van der Waals surface area contributed by atoms with Crippen LogP contribution in [-0.2, 0) is 11.0 Å². The van der Waals surface area contributed by atoms with Crippen molar-refractivity contribution in [3.8, 4) is 5.75 Å². The lowest BCUT2D eigenvalue weighted by Gasteiger charge is -2.31. The summed E-state index contributed by atoms with van der Waals surface area (Å²) < 4.78 is 86.9. The maximum Gasteiger partial charge on any atom is 0.420 e. The number of carboxylic acid groups (broad SMARTS) is 1. The van der Waals surface area contributed by atoms with Crippen LogP contribution in [-0.4, -0.2) is 36.9 Å². The van der Waals surface area contributed by atoms with Gasteiger partial charge in [0.1, 0.15) is 11.3 Å². The highest BCUT2D eigenvalue weighted by atomic mass is 19.4. The molecule has 4 rings (SSSR count). The molecule has 0 saturated heterocycles.